The van der Waals surface area contributed by atoms with Crippen molar-refractivity contribution in [2.24, 2.45) is 0 Å². The zero-order chi connectivity index (χ0) is 9.26. The fraction of sp³-hybridized carbons (Fsp3) is 0.300. The van der Waals surface area contributed by atoms with Gasteiger partial charge in [-0.1, -0.05) is 6.07 Å². The van der Waals surface area contributed by atoms with Gasteiger partial charge in [0.25, 0.3) is 0 Å². The first kappa shape index (κ1) is 8.10. The van der Waals surface area contributed by atoms with Crippen molar-refractivity contribution in [1.29, 1.82) is 0 Å². The molecule has 13 heavy (non-hydrogen) atoms. The largest absolute Gasteiger partial charge is 0.493 e. The molecular formula is C10H11NO2. The third kappa shape index (κ3) is 1.37. The van der Waals surface area contributed by atoms with Gasteiger partial charge in [-0.05, 0) is 12.5 Å². The van der Waals surface area contributed by atoms with E-state index in [0.717, 1.165) is 24.0 Å². The highest BCUT2D eigenvalue weighted by Gasteiger charge is 2.20. The second kappa shape index (κ2) is 3.09. The van der Waals surface area contributed by atoms with Gasteiger partial charge in [-0.3, -0.25) is 0 Å². The molecule has 1 heterocycles. The van der Waals surface area contributed by atoms with Crippen LogP contribution in [-0.2, 0) is 4.79 Å². The lowest BCUT2D eigenvalue weighted by atomic mass is 9.94. The Morgan fingerprint density at radius 1 is 1.54 bits per heavy atom. The molecule has 0 bridgehead atoms. The summed E-state index contributed by atoms with van der Waals surface area (Å²) in [5.41, 5.74) is 7.23. The average molecular weight is 177 g/mol. The van der Waals surface area contributed by atoms with Gasteiger partial charge in [0, 0.05) is 23.2 Å². The number of ether oxygens (including phenoxy) is 1. The Hall–Kier alpha value is -1.51. The Labute approximate surface area is 76.5 Å². The highest BCUT2D eigenvalue weighted by atomic mass is 16.5. The molecule has 0 fully saturated rings. The predicted molar refractivity (Wildman–Crippen MR) is 49.8 cm³/mol. The SMILES string of the molecule is Nc1ccc2c(c1)OCCC2C=O. The summed E-state index contributed by atoms with van der Waals surface area (Å²) in [7, 11) is 0. The van der Waals surface area contributed by atoms with E-state index in [1.54, 1.807) is 12.1 Å². The summed E-state index contributed by atoms with van der Waals surface area (Å²) in [4.78, 5) is 10.7. The fourth-order valence-corrected chi connectivity index (χ4v) is 1.57. The van der Waals surface area contributed by atoms with E-state index in [-0.39, 0.29) is 5.92 Å². The Bertz CT molecular complexity index is 336. The van der Waals surface area contributed by atoms with Crippen molar-refractivity contribution in [3.63, 3.8) is 0 Å². The maximum Gasteiger partial charge on any atom is 0.127 e. The second-order valence-electron chi connectivity index (χ2n) is 3.18. The van der Waals surface area contributed by atoms with E-state index in [2.05, 4.69) is 0 Å². The van der Waals surface area contributed by atoms with Gasteiger partial charge in [0.2, 0.25) is 0 Å². The van der Waals surface area contributed by atoms with Crippen molar-refractivity contribution in [2.75, 3.05) is 12.3 Å². The molecule has 68 valence electrons. The molecule has 0 saturated carbocycles. The zero-order valence-electron chi connectivity index (χ0n) is 7.19. The number of nitrogens with two attached hydrogens (primary N) is 1. The van der Waals surface area contributed by atoms with Crippen LogP contribution in [0.5, 0.6) is 5.75 Å². The zero-order valence-corrected chi connectivity index (χ0v) is 7.19. The van der Waals surface area contributed by atoms with Crippen molar-refractivity contribution in [2.45, 2.75) is 12.3 Å². The number of hydrogen-bond donors (Lipinski definition) is 1. The Morgan fingerprint density at radius 2 is 2.38 bits per heavy atom. The molecular weight excluding hydrogens is 166 g/mol. The Morgan fingerprint density at radius 3 is 3.15 bits per heavy atom. The van der Waals surface area contributed by atoms with Gasteiger partial charge in [-0.2, -0.15) is 0 Å². The van der Waals surface area contributed by atoms with E-state index in [1.165, 1.54) is 0 Å². The maximum absolute atomic E-state index is 10.7. The monoisotopic (exact) mass is 177 g/mol. The Kier molecular flexibility index (Phi) is 1.93. The molecule has 3 nitrogen and oxygen atoms in total. The minimum Gasteiger partial charge on any atom is -0.493 e. The number of benzene rings is 1. The van der Waals surface area contributed by atoms with Crippen LogP contribution in [0.15, 0.2) is 18.2 Å². The first-order chi connectivity index (χ1) is 6.31. The summed E-state index contributed by atoms with van der Waals surface area (Å²) < 4.78 is 5.40. The van der Waals surface area contributed by atoms with Crippen LogP contribution in [-0.4, -0.2) is 12.9 Å². The van der Waals surface area contributed by atoms with Crippen molar-refractivity contribution in [3.05, 3.63) is 23.8 Å². The molecule has 0 amide bonds. The number of anilines is 1. The summed E-state index contributed by atoms with van der Waals surface area (Å²) in [6.45, 7) is 0.597. The van der Waals surface area contributed by atoms with E-state index in [0.29, 0.717) is 12.3 Å². The summed E-state index contributed by atoms with van der Waals surface area (Å²) in [5.74, 6) is 0.729. The average Bonchev–Trinajstić information content (AvgIpc) is 2.16. The highest BCUT2D eigenvalue weighted by molar-refractivity contribution is 5.66. The second-order valence-corrected chi connectivity index (χ2v) is 3.18. The molecule has 2 N–H and O–H groups in total. The van der Waals surface area contributed by atoms with Crippen LogP contribution in [0.2, 0.25) is 0 Å². The van der Waals surface area contributed by atoms with Crippen LogP contribution < -0.4 is 10.5 Å². The summed E-state index contributed by atoms with van der Waals surface area (Å²) in [6, 6.07) is 5.43. The van der Waals surface area contributed by atoms with E-state index in [1.807, 2.05) is 6.07 Å². The van der Waals surface area contributed by atoms with Gasteiger partial charge in [0.05, 0.1) is 6.61 Å². The van der Waals surface area contributed by atoms with Gasteiger partial charge < -0.3 is 15.3 Å². The smallest absolute Gasteiger partial charge is 0.127 e. The topological polar surface area (TPSA) is 52.3 Å². The summed E-state index contributed by atoms with van der Waals surface area (Å²) >= 11 is 0. The fourth-order valence-electron chi connectivity index (χ4n) is 1.57. The lowest BCUT2D eigenvalue weighted by molar-refractivity contribution is -0.109. The van der Waals surface area contributed by atoms with Crippen molar-refractivity contribution >= 4 is 12.0 Å². The third-order valence-electron chi connectivity index (χ3n) is 2.29. The van der Waals surface area contributed by atoms with E-state index in [9.17, 15) is 4.79 Å². The molecule has 3 heteroatoms. The van der Waals surface area contributed by atoms with Crippen molar-refractivity contribution in [3.8, 4) is 5.75 Å². The van der Waals surface area contributed by atoms with Gasteiger partial charge in [-0.15, -0.1) is 0 Å². The summed E-state index contributed by atoms with van der Waals surface area (Å²) in [6.07, 6.45) is 1.73. The molecule has 0 aromatic heterocycles. The molecule has 1 aromatic rings. The van der Waals surface area contributed by atoms with Crippen LogP contribution in [0.4, 0.5) is 5.69 Å². The van der Waals surface area contributed by atoms with Gasteiger partial charge in [0.15, 0.2) is 0 Å². The summed E-state index contributed by atoms with van der Waals surface area (Å²) in [5, 5.41) is 0. The van der Waals surface area contributed by atoms with Crippen molar-refractivity contribution in [1.82, 2.24) is 0 Å². The van der Waals surface area contributed by atoms with E-state index in [4.69, 9.17) is 10.5 Å². The molecule has 2 rings (SSSR count). The van der Waals surface area contributed by atoms with Crippen LogP contribution in [0.1, 0.15) is 17.9 Å². The van der Waals surface area contributed by atoms with E-state index >= 15 is 0 Å². The highest BCUT2D eigenvalue weighted by Crippen LogP contribution is 2.33. The predicted octanol–water partition coefficient (Wildman–Crippen LogP) is 1.33. The quantitative estimate of drug-likeness (QED) is 0.520. The molecule has 0 spiro atoms. The first-order valence-corrected chi connectivity index (χ1v) is 4.29. The number of aldehydes is 1. The molecule has 1 aliphatic rings. The molecule has 0 aliphatic carbocycles. The van der Waals surface area contributed by atoms with Gasteiger partial charge >= 0.3 is 0 Å². The Balaban J connectivity index is 2.45. The molecule has 0 saturated heterocycles. The maximum atomic E-state index is 10.7. The van der Waals surface area contributed by atoms with Crippen molar-refractivity contribution < 1.29 is 9.53 Å². The number of fused-ring (bicyclic) bond motifs is 1. The number of carbonyl (C=O) groups is 1. The first-order valence-electron chi connectivity index (χ1n) is 4.29. The van der Waals surface area contributed by atoms with Crippen LogP contribution in [0, 0.1) is 0 Å². The third-order valence-corrected chi connectivity index (χ3v) is 2.29. The lowest BCUT2D eigenvalue weighted by Crippen LogP contribution is -2.15. The van der Waals surface area contributed by atoms with Crippen LogP contribution in [0.3, 0.4) is 0 Å². The lowest BCUT2D eigenvalue weighted by Gasteiger charge is -2.22. The molecule has 0 radical (unpaired) electrons. The number of carbonyl (C=O) groups excluding carboxylic acids is 1. The van der Waals surface area contributed by atoms with E-state index < -0.39 is 0 Å². The molecule has 1 atom stereocenters. The number of rotatable bonds is 1. The van der Waals surface area contributed by atoms with Gasteiger partial charge in [-0.25, -0.2) is 0 Å². The van der Waals surface area contributed by atoms with Crippen LogP contribution >= 0.6 is 0 Å². The molecule has 1 unspecified atom stereocenters. The van der Waals surface area contributed by atoms with Gasteiger partial charge in [0.1, 0.15) is 12.0 Å². The molecule has 1 aromatic carbocycles. The van der Waals surface area contributed by atoms with Crippen LogP contribution in [0.25, 0.3) is 0 Å². The normalized spacial score (nSPS) is 20.2. The standard InChI is InChI=1S/C10H11NO2/c11-8-1-2-9-7(6-12)3-4-13-10(9)5-8/h1-2,5-7H,3-4,11H2. The number of nitrogen functional groups attached to an aromatic ring is 1. The minimum absolute atomic E-state index is 0.0238. The number of hydrogen-bond acceptors (Lipinski definition) is 3. The molecule has 1 aliphatic heterocycles. The minimum atomic E-state index is -0.0238.